The van der Waals surface area contributed by atoms with Gasteiger partial charge in [-0.25, -0.2) is 4.98 Å². The molecule has 0 bridgehead atoms. The van der Waals surface area contributed by atoms with Gasteiger partial charge in [0.25, 0.3) is 0 Å². The lowest BCUT2D eigenvalue weighted by Gasteiger charge is -2.20. The molecular formula is C31H30N2O2. The molecule has 4 aromatic carbocycles. The summed E-state index contributed by atoms with van der Waals surface area (Å²) in [6, 6.07) is 37.5. The molecule has 0 radical (unpaired) electrons. The van der Waals surface area contributed by atoms with Crippen molar-refractivity contribution in [1.29, 1.82) is 0 Å². The molecule has 4 nitrogen and oxygen atoms in total. The second-order valence-electron chi connectivity index (χ2n) is 8.60. The number of nitrogens with zero attached hydrogens (tertiary/aromatic N) is 2. The van der Waals surface area contributed by atoms with Gasteiger partial charge < -0.3 is 14.0 Å². The van der Waals surface area contributed by atoms with Gasteiger partial charge in [-0.2, -0.15) is 0 Å². The van der Waals surface area contributed by atoms with E-state index in [9.17, 15) is 0 Å². The van der Waals surface area contributed by atoms with E-state index in [1.54, 1.807) is 7.11 Å². The summed E-state index contributed by atoms with van der Waals surface area (Å²) in [5, 5.41) is 0. The second-order valence-corrected chi connectivity index (χ2v) is 8.60. The van der Waals surface area contributed by atoms with Crippen molar-refractivity contribution in [3.05, 3.63) is 126 Å². The summed E-state index contributed by atoms with van der Waals surface area (Å²) in [4.78, 5) is 5.15. The molecule has 0 atom stereocenters. The Balaban J connectivity index is 1.38. The topological polar surface area (TPSA) is 36.3 Å². The SMILES string of the molecule is COc1ccc(OCCCCn2c(C(c3ccccc3)c3ccccc3)nc3ccccc32)cc1. The highest BCUT2D eigenvalue weighted by molar-refractivity contribution is 5.76. The van der Waals surface area contributed by atoms with Crippen molar-refractivity contribution in [3.63, 3.8) is 0 Å². The largest absolute Gasteiger partial charge is 0.497 e. The number of aromatic nitrogens is 2. The van der Waals surface area contributed by atoms with Gasteiger partial charge in [-0.3, -0.25) is 0 Å². The Morgan fingerprint density at radius 2 is 1.29 bits per heavy atom. The van der Waals surface area contributed by atoms with E-state index < -0.39 is 0 Å². The zero-order valence-corrected chi connectivity index (χ0v) is 20.0. The number of rotatable bonds is 10. The quantitative estimate of drug-likeness (QED) is 0.208. The van der Waals surface area contributed by atoms with Gasteiger partial charge in [0.1, 0.15) is 17.3 Å². The molecule has 0 aliphatic rings. The van der Waals surface area contributed by atoms with Crippen LogP contribution in [0.3, 0.4) is 0 Å². The molecule has 0 N–H and O–H groups in total. The molecule has 0 saturated heterocycles. The first-order chi connectivity index (χ1) is 17.3. The van der Waals surface area contributed by atoms with Crippen molar-refractivity contribution in [2.45, 2.75) is 25.3 Å². The number of fused-ring (bicyclic) bond motifs is 1. The highest BCUT2D eigenvalue weighted by Crippen LogP contribution is 2.33. The number of hydrogen-bond acceptors (Lipinski definition) is 3. The summed E-state index contributed by atoms with van der Waals surface area (Å²) < 4.78 is 13.6. The van der Waals surface area contributed by atoms with Crippen LogP contribution in [0.2, 0.25) is 0 Å². The summed E-state index contributed by atoms with van der Waals surface area (Å²) >= 11 is 0. The molecule has 0 fully saturated rings. The summed E-state index contributed by atoms with van der Waals surface area (Å²) in [7, 11) is 1.67. The van der Waals surface area contributed by atoms with Crippen molar-refractivity contribution >= 4 is 11.0 Å². The number of para-hydroxylation sites is 2. The lowest BCUT2D eigenvalue weighted by atomic mass is 9.90. The van der Waals surface area contributed by atoms with Crippen LogP contribution < -0.4 is 9.47 Å². The van der Waals surface area contributed by atoms with E-state index in [2.05, 4.69) is 89.5 Å². The minimum atomic E-state index is 0.0698. The van der Waals surface area contributed by atoms with Crippen molar-refractivity contribution in [1.82, 2.24) is 9.55 Å². The number of unbranched alkanes of at least 4 members (excludes halogenated alkanes) is 1. The molecule has 4 heteroatoms. The van der Waals surface area contributed by atoms with Gasteiger partial charge in [0.05, 0.1) is 30.7 Å². The first kappa shape index (κ1) is 22.7. The first-order valence-corrected chi connectivity index (χ1v) is 12.2. The Hall–Kier alpha value is -4.05. The molecule has 0 spiro atoms. The Bertz CT molecular complexity index is 1310. The van der Waals surface area contributed by atoms with E-state index in [1.165, 1.54) is 16.6 Å². The third-order valence-corrected chi connectivity index (χ3v) is 6.31. The lowest BCUT2D eigenvalue weighted by molar-refractivity contribution is 0.302. The molecule has 1 aromatic heterocycles. The third kappa shape index (κ3) is 5.22. The van der Waals surface area contributed by atoms with Crippen LogP contribution in [0.25, 0.3) is 11.0 Å². The molecule has 0 unspecified atom stereocenters. The second kappa shape index (κ2) is 10.9. The lowest BCUT2D eigenvalue weighted by Crippen LogP contribution is -2.13. The number of ether oxygens (including phenoxy) is 2. The Kier molecular flexibility index (Phi) is 7.09. The van der Waals surface area contributed by atoms with Crippen LogP contribution in [0.1, 0.15) is 35.7 Å². The van der Waals surface area contributed by atoms with E-state index in [4.69, 9.17) is 14.5 Å². The normalized spacial score (nSPS) is 11.1. The fourth-order valence-corrected chi connectivity index (χ4v) is 4.57. The van der Waals surface area contributed by atoms with Gasteiger partial charge in [-0.15, -0.1) is 0 Å². The Labute approximate surface area is 206 Å². The van der Waals surface area contributed by atoms with Gasteiger partial charge >= 0.3 is 0 Å². The summed E-state index contributed by atoms with van der Waals surface area (Å²) in [5.74, 6) is 2.86. The molecule has 5 aromatic rings. The average Bonchev–Trinajstić information content (AvgIpc) is 3.28. The molecule has 5 rings (SSSR count). The van der Waals surface area contributed by atoms with Gasteiger partial charge in [0.15, 0.2) is 0 Å². The van der Waals surface area contributed by atoms with Gasteiger partial charge in [-0.05, 0) is 60.4 Å². The Morgan fingerprint density at radius 3 is 1.94 bits per heavy atom. The molecule has 0 saturated carbocycles. The maximum atomic E-state index is 5.95. The molecule has 0 aliphatic heterocycles. The van der Waals surface area contributed by atoms with E-state index in [-0.39, 0.29) is 5.92 Å². The zero-order chi connectivity index (χ0) is 23.9. The van der Waals surface area contributed by atoms with Crippen molar-refractivity contribution in [2.75, 3.05) is 13.7 Å². The monoisotopic (exact) mass is 462 g/mol. The van der Waals surface area contributed by atoms with Gasteiger partial charge in [0, 0.05) is 6.54 Å². The molecule has 35 heavy (non-hydrogen) atoms. The van der Waals surface area contributed by atoms with E-state index in [1.807, 2.05) is 24.3 Å². The maximum absolute atomic E-state index is 5.95. The Morgan fingerprint density at radius 1 is 0.686 bits per heavy atom. The van der Waals surface area contributed by atoms with E-state index >= 15 is 0 Å². The smallest absolute Gasteiger partial charge is 0.121 e. The highest BCUT2D eigenvalue weighted by Gasteiger charge is 2.23. The van der Waals surface area contributed by atoms with Crippen LogP contribution in [0.5, 0.6) is 11.5 Å². The molecular weight excluding hydrogens is 432 g/mol. The minimum absolute atomic E-state index is 0.0698. The van der Waals surface area contributed by atoms with Crippen LogP contribution in [0.4, 0.5) is 0 Å². The van der Waals surface area contributed by atoms with Crippen LogP contribution >= 0.6 is 0 Å². The third-order valence-electron chi connectivity index (χ3n) is 6.31. The van der Waals surface area contributed by atoms with Gasteiger partial charge in [-0.1, -0.05) is 72.8 Å². The van der Waals surface area contributed by atoms with Crippen LogP contribution in [-0.2, 0) is 6.54 Å². The van der Waals surface area contributed by atoms with Crippen LogP contribution in [0, 0.1) is 0 Å². The van der Waals surface area contributed by atoms with Crippen molar-refractivity contribution in [2.24, 2.45) is 0 Å². The summed E-state index contributed by atoms with van der Waals surface area (Å²) in [6.45, 7) is 1.56. The standard InChI is InChI=1S/C31H30N2O2/c1-34-26-18-20-27(21-19-26)35-23-11-10-22-33-29-17-9-8-16-28(29)32-31(33)30(24-12-4-2-5-13-24)25-14-6-3-7-15-25/h2-9,12-21,30H,10-11,22-23H2,1H3. The predicted molar refractivity (Wildman–Crippen MR) is 141 cm³/mol. The molecule has 0 aliphatic carbocycles. The zero-order valence-electron chi connectivity index (χ0n) is 20.0. The minimum Gasteiger partial charge on any atom is -0.497 e. The molecule has 1 heterocycles. The number of aryl methyl sites for hydroxylation is 1. The van der Waals surface area contributed by atoms with Gasteiger partial charge in [0.2, 0.25) is 0 Å². The van der Waals surface area contributed by atoms with Crippen LogP contribution in [0.15, 0.2) is 109 Å². The molecule has 176 valence electrons. The average molecular weight is 463 g/mol. The first-order valence-electron chi connectivity index (χ1n) is 12.2. The number of benzene rings is 4. The van der Waals surface area contributed by atoms with E-state index in [0.717, 1.165) is 42.2 Å². The fourth-order valence-electron chi connectivity index (χ4n) is 4.57. The number of imidazole rings is 1. The maximum Gasteiger partial charge on any atom is 0.121 e. The number of hydrogen-bond donors (Lipinski definition) is 0. The van der Waals surface area contributed by atoms with Crippen molar-refractivity contribution < 1.29 is 9.47 Å². The summed E-state index contributed by atoms with van der Waals surface area (Å²) in [6.07, 6.45) is 1.96. The number of methoxy groups -OCH3 is 1. The summed E-state index contributed by atoms with van der Waals surface area (Å²) in [5.41, 5.74) is 4.71. The van der Waals surface area contributed by atoms with Crippen molar-refractivity contribution in [3.8, 4) is 11.5 Å². The van der Waals surface area contributed by atoms with Crippen LogP contribution in [-0.4, -0.2) is 23.3 Å². The fraction of sp³-hybridized carbons (Fsp3) is 0.194. The predicted octanol–water partition coefficient (Wildman–Crippen LogP) is 7.08. The molecule has 0 amide bonds. The van der Waals surface area contributed by atoms with E-state index in [0.29, 0.717) is 6.61 Å². The highest BCUT2D eigenvalue weighted by atomic mass is 16.5.